The number of nitrogens with one attached hydrogen (secondary N) is 2. The number of hydrogen-bond acceptors (Lipinski definition) is 9. The lowest BCUT2D eigenvalue weighted by Gasteiger charge is -2.18. The van der Waals surface area contributed by atoms with Crippen molar-refractivity contribution in [2.24, 2.45) is 21.1 Å². The number of nitrogens with two attached hydrogens (primary N) is 1. The topological polar surface area (TPSA) is 187 Å². The van der Waals surface area contributed by atoms with E-state index in [2.05, 4.69) is 30.9 Å². The van der Waals surface area contributed by atoms with Crippen LogP contribution in [-0.2, 0) is 11.3 Å². The normalized spacial score (nSPS) is 11.4. The van der Waals surface area contributed by atoms with E-state index in [0.29, 0.717) is 36.3 Å². The molecule has 264 valence electrons. The Labute approximate surface area is 293 Å². The van der Waals surface area contributed by atoms with Crippen LogP contribution in [0.15, 0.2) is 100 Å². The van der Waals surface area contributed by atoms with Gasteiger partial charge in [-0.3, -0.25) is 14.4 Å². The van der Waals surface area contributed by atoms with Crippen molar-refractivity contribution in [2.75, 3.05) is 32.1 Å². The summed E-state index contributed by atoms with van der Waals surface area (Å²) >= 11 is 0. The van der Waals surface area contributed by atoms with E-state index in [1.165, 1.54) is 24.3 Å². The van der Waals surface area contributed by atoms with Gasteiger partial charge in [0, 0.05) is 48.1 Å². The third-order valence-corrected chi connectivity index (χ3v) is 7.56. The minimum Gasteiger partial charge on any atom is -0.480 e. The number of benzene rings is 4. The zero-order chi connectivity index (χ0) is 36.8. The molecular formula is C36H37F2N9O4. The number of ketones is 1. The second kappa shape index (κ2) is 18.5. The molecule has 4 aromatic carbocycles. The lowest BCUT2D eigenvalue weighted by molar-refractivity contribution is -0.123. The van der Waals surface area contributed by atoms with E-state index in [0.717, 1.165) is 17.8 Å². The molecule has 0 aliphatic rings. The van der Waals surface area contributed by atoms with Crippen molar-refractivity contribution in [3.63, 3.8) is 0 Å². The first-order valence-corrected chi connectivity index (χ1v) is 15.9. The Morgan fingerprint density at radius 2 is 1.51 bits per heavy atom. The first-order chi connectivity index (χ1) is 24.6. The van der Waals surface area contributed by atoms with Gasteiger partial charge in [-0.25, -0.2) is 8.78 Å². The minimum atomic E-state index is -1.07. The van der Waals surface area contributed by atoms with Crippen molar-refractivity contribution in [2.45, 2.75) is 31.8 Å². The minimum absolute atomic E-state index is 0.123. The second-order valence-corrected chi connectivity index (χ2v) is 11.5. The van der Waals surface area contributed by atoms with Crippen LogP contribution in [0.1, 0.15) is 45.5 Å². The summed E-state index contributed by atoms with van der Waals surface area (Å²) in [7, 11) is 3.88. The number of ether oxygens (including phenoxy) is 1. The fraction of sp³-hybridized carbons (Fsp3) is 0.250. The van der Waals surface area contributed by atoms with Crippen molar-refractivity contribution < 1.29 is 27.9 Å². The maximum atomic E-state index is 15.0. The van der Waals surface area contributed by atoms with E-state index in [1.54, 1.807) is 24.3 Å². The lowest BCUT2D eigenvalue weighted by Crippen LogP contribution is -2.43. The number of hydrogen-bond donors (Lipinski definition) is 3. The highest BCUT2D eigenvalue weighted by atomic mass is 19.1. The predicted molar refractivity (Wildman–Crippen MR) is 189 cm³/mol. The van der Waals surface area contributed by atoms with Gasteiger partial charge in [0.25, 0.3) is 11.8 Å². The molecule has 0 heterocycles. The molecule has 4 aromatic rings. The Morgan fingerprint density at radius 3 is 2.12 bits per heavy atom. The first kappa shape index (κ1) is 37.6. The maximum absolute atomic E-state index is 15.0. The molecule has 0 aliphatic carbocycles. The second-order valence-electron chi connectivity index (χ2n) is 11.5. The van der Waals surface area contributed by atoms with Crippen LogP contribution in [-0.4, -0.2) is 50.9 Å². The zero-order valence-corrected chi connectivity index (χ0v) is 28.1. The van der Waals surface area contributed by atoms with Gasteiger partial charge in [-0.15, -0.1) is 0 Å². The zero-order valence-electron chi connectivity index (χ0n) is 28.1. The SMILES string of the molecule is CN(C)c1ccc(/N=N/c2ccc(C(=O)NCc3cc(F)c(OCC(=O)[C@H](CCCCN)NC(=O)c4cccc(N=[N+]=[N-])c4)c(F)c3)cc2)cc1. The number of amides is 2. The number of carbonyl (C=O) groups excluding carboxylic acids is 3. The van der Waals surface area contributed by atoms with Gasteiger partial charge in [-0.05, 0) is 110 Å². The fourth-order valence-electron chi connectivity index (χ4n) is 4.80. The van der Waals surface area contributed by atoms with Crippen LogP contribution < -0.4 is 26.0 Å². The van der Waals surface area contributed by atoms with Gasteiger partial charge in [-0.1, -0.05) is 17.2 Å². The van der Waals surface area contributed by atoms with Gasteiger partial charge in [0.2, 0.25) is 0 Å². The number of azo groups is 1. The Kier molecular flexibility index (Phi) is 13.7. The van der Waals surface area contributed by atoms with Gasteiger partial charge in [0.05, 0.1) is 17.4 Å². The highest BCUT2D eigenvalue weighted by Crippen LogP contribution is 2.25. The summed E-state index contributed by atoms with van der Waals surface area (Å²) in [4.78, 5) is 43.3. The first-order valence-electron chi connectivity index (χ1n) is 15.9. The molecule has 0 saturated heterocycles. The number of Topliss-reactive ketones (excluding diaryl/α,β-unsaturated/α-hetero) is 1. The van der Waals surface area contributed by atoms with Crippen LogP contribution in [0.5, 0.6) is 5.75 Å². The number of azide groups is 1. The van der Waals surface area contributed by atoms with E-state index in [4.69, 9.17) is 16.0 Å². The molecule has 2 amide bonds. The summed E-state index contributed by atoms with van der Waals surface area (Å²) < 4.78 is 35.2. The average molecular weight is 698 g/mol. The molecule has 0 fully saturated rings. The van der Waals surface area contributed by atoms with Crippen LogP contribution >= 0.6 is 0 Å². The molecular weight excluding hydrogens is 660 g/mol. The summed E-state index contributed by atoms with van der Waals surface area (Å²) in [5.74, 6) is -4.62. The highest BCUT2D eigenvalue weighted by Gasteiger charge is 2.23. The van der Waals surface area contributed by atoms with E-state index < -0.39 is 47.6 Å². The Morgan fingerprint density at radius 1 is 0.863 bits per heavy atom. The summed E-state index contributed by atoms with van der Waals surface area (Å²) in [6.45, 7) is -0.545. The van der Waals surface area contributed by atoms with Crippen molar-refractivity contribution in [3.8, 4) is 5.75 Å². The standard InChI is InChI=1S/C36H37F2N9O4/c1-47(2)29-15-13-27(14-16-29)44-43-26-11-9-24(10-12-26)35(49)41-21-23-18-30(37)34(31(38)19-23)51-22-33(48)32(8-3-4-17-39)42-36(50)25-6-5-7-28(20-25)45-46-40/h5-7,9-16,18-20,32H,3-4,8,17,21-22,39H2,1-2H3,(H,41,49)(H,42,50)/b44-43+/t32-/m0/s1. The molecule has 51 heavy (non-hydrogen) atoms. The molecule has 15 heteroatoms. The van der Waals surface area contributed by atoms with Crippen LogP contribution in [0.2, 0.25) is 0 Å². The monoisotopic (exact) mass is 697 g/mol. The molecule has 4 rings (SSSR count). The van der Waals surface area contributed by atoms with E-state index in [9.17, 15) is 23.2 Å². The number of carbonyl (C=O) groups is 3. The molecule has 0 unspecified atom stereocenters. The van der Waals surface area contributed by atoms with Gasteiger partial charge in [-0.2, -0.15) is 10.2 Å². The fourth-order valence-corrected chi connectivity index (χ4v) is 4.80. The Bertz CT molecular complexity index is 1890. The van der Waals surface area contributed by atoms with Gasteiger partial charge < -0.3 is 26.0 Å². The summed E-state index contributed by atoms with van der Waals surface area (Å²) in [5.41, 5.74) is 17.3. The molecule has 0 saturated carbocycles. The number of rotatable bonds is 17. The van der Waals surface area contributed by atoms with Gasteiger partial charge in [0.15, 0.2) is 23.2 Å². The number of nitrogens with zero attached hydrogens (tertiary/aromatic N) is 6. The van der Waals surface area contributed by atoms with E-state index >= 15 is 0 Å². The third-order valence-electron chi connectivity index (χ3n) is 7.56. The summed E-state index contributed by atoms with van der Waals surface area (Å²) in [6, 6.07) is 20.7. The highest BCUT2D eigenvalue weighted by molar-refractivity contribution is 5.98. The molecule has 0 bridgehead atoms. The predicted octanol–water partition coefficient (Wildman–Crippen LogP) is 7.19. The molecule has 1 atom stereocenters. The molecule has 0 radical (unpaired) electrons. The van der Waals surface area contributed by atoms with Crippen molar-refractivity contribution >= 4 is 40.3 Å². The number of halogens is 2. The lowest BCUT2D eigenvalue weighted by atomic mass is 10.0. The van der Waals surface area contributed by atoms with Crippen LogP contribution in [0.4, 0.5) is 31.5 Å². The van der Waals surface area contributed by atoms with E-state index in [1.807, 2.05) is 43.3 Å². The average Bonchev–Trinajstić information content (AvgIpc) is 3.12. The molecule has 0 spiro atoms. The van der Waals surface area contributed by atoms with Crippen LogP contribution in [0, 0.1) is 11.6 Å². The summed E-state index contributed by atoms with van der Waals surface area (Å²) in [6.07, 6.45) is 1.29. The molecule has 0 aromatic heterocycles. The smallest absolute Gasteiger partial charge is 0.251 e. The van der Waals surface area contributed by atoms with Crippen molar-refractivity contribution in [3.05, 3.63) is 124 Å². The van der Waals surface area contributed by atoms with E-state index in [-0.39, 0.29) is 29.8 Å². The molecule has 13 nitrogen and oxygen atoms in total. The van der Waals surface area contributed by atoms with Crippen molar-refractivity contribution in [1.29, 1.82) is 0 Å². The van der Waals surface area contributed by atoms with Gasteiger partial charge in [0.1, 0.15) is 6.61 Å². The van der Waals surface area contributed by atoms with Crippen LogP contribution in [0.25, 0.3) is 10.4 Å². The quantitative estimate of drug-likeness (QED) is 0.0453. The van der Waals surface area contributed by atoms with Crippen molar-refractivity contribution in [1.82, 2.24) is 10.6 Å². The number of anilines is 1. The molecule has 4 N–H and O–H groups in total. The maximum Gasteiger partial charge on any atom is 0.251 e. The Balaban J connectivity index is 1.32. The van der Waals surface area contributed by atoms with Gasteiger partial charge >= 0.3 is 0 Å². The summed E-state index contributed by atoms with van der Waals surface area (Å²) in [5, 5.41) is 17.1. The molecule has 0 aliphatic heterocycles. The largest absolute Gasteiger partial charge is 0.480 e. The van der Waals surface area contributed by atoms with Crippen LogP contribution in [0.3, 0.4) is 0 Å². The Hall–Kier alpha value is -6.18. The third kappa shape index (κ3) is 11.2. The number of unbranched alkanes of at least 4 members (excludes halogenated alkanes) is 1.